The van der Waals surface area contributed by atoms with Gasteiger partial charge in [-0.05, 0) is 56.5 Å². The zero-order valence-corrected chi connectivity index (χ0v) is 24.0. The van der Waals surface area contributed by atoms with E-state index in [2.05, 4.69) is 28.1 Å². The first-order valence-corrected chi connectivity index (χ1v) is 13.9. The van der Waals surface area contributed by atoms with E-state index in [1.807, 2.05) is 38.1 Å². The van der Waals surface area contributed by atoms with Crippen molar-refractivity contribution in [2.24, 2.45) is 0 Å². The Morgan fingerprint density at radius 2 is 1.95 bits per heavy atom. The summed E-state index contributed by atoms with van der Waals surface area (Å²) in [6.45, 7) is 7.19. The molecule has 0 saturated carbocycles. The molecule has 3 aromatic rings. The van der Waals surface area contributed by atoms with Gasteiger partial charge in [0.2, 0.25) is 6.41 Å². The van der Waals surface area contributed by atoms with Crippen molar-refractivity contribution < 1.29 is 9.90 Å². The number of nitrogens with zero attached hydrogens (tertiary/aromatic N) is 6. The summed E-state index contributed by atoms with van der Waals surface area (Å²) in [7, 11) is 3.75. The Bertz CT molecular complexity index is 1510. The topological polar surface area (TPSA) is 88.1 Å². The lowest BCUT2D eigenvalue weighted by atomic mass is 9.83. The van der Waals surface area contributed by atoms with Gasteiger partial charge in [-0.2, -0.15) is 0 Å². The summed E-state index contributed by atoms with van der Waals surface area (Å²) in [5.74, 6) is 0.919. The van der Waals surface area contributed by atoms with Crippen molar-refractivity contribution in [1.82, 2.24) is 19.8 Å². The number of rotatable bonds is 6. The summed E-state index contributed by atoms with van der Waals surface area (Å²) in [4.78, 5) is 29.4. The minimum atomic E-state index is 0.0612. The van der Waals surface area contributed by atoms with Gasteiger partial charge in [-0.15, -0.1) is 0 Å². The van der Waals surface area contributed by atoms with Crippen molar-refractivity contribution >= 4 is 35.2 Å². The van der Waals surface area contributed by atoms with Crippen LogP contribution in [0.1, 0.15) is 25.5 Å². The van der Waals surface area contributed by atoms with Crippen LogP contribution in [0.5, 0.6) is 5.75 Å². The molecule has 0 radical (unpaired) electrons. The molecule has 2 N–H and O–H groups in total. The summed E-state index contributed by atoms with van der Waals surface area (Å²) in [6, 6.07) is 9.31. The second-order valence-corrected chi connectivity index (χ2v) is 11.6. The van der Waals surface area contributed by atoms with E-state index >= 15 is 0 Å². The number of aromatic hydroxyl groups is 1. The zero-order valence-electron chi connectivity index (χ0n) is 23.2. The highest BCUT2D eigenvalue weighted by Crippen LogP contribution is 2.47. The maximum absolute atomic E-state index is 11.7. The molecule has 2 atom stereocenters. The first kappa shape index (κ1) is 26.4. The second kappa shape index (κ2) is 9.98. The van der Waals surface area contributed by atoms with Gasteiger partial charge < -0.3 is 20.2 Å². The largest absolute Gasteiger partial charge is 0.505 e. The molecule has 3 aliphatic rings. The Morgan fingerprint density at radius 3 is 2.65 bits per heavy atom. The molecule has 1 amide bonds. The third-order valence-electron chi connectivity index (χ3n) is 8.35. The van der Waals surface area contributed by atoms with E-state index in [9.17, 15) is 9.90 Å². The average Bonchev–Trinajstić information content (AvgIpc) is 3.38. The Kier molecular flexibility index (Phi) is 6.59. The van der Waals surface area contributed by atoms with Crippen LogP contribution in [0.4, 0.5) is 17.2 Å². The van der Waals surface area contributed by atoms with E-state index in [1.54, 1.807) is 30.7 Å². The lowest BCUT2D eigenvalue weighted by Gasteiger charge is -2.54. The molecule has 1 aromatic carbocycles. The second-order valence-electron chi connectivity index (χ2n) is 11.2. The number of carbonyl (C=O) groups is 1. The number of halogens is 1. The summed E-state index contributed by atoms with van der Waals surface area (Å²) in [5, 5.41) is 15.5. The smallest absolute Gasteiger partial charge is 0.218 e. The standard InChI is InChI=1S/C30H34ClN7O2/c1-19-13-23(21-5-6-25(24(31)14-21)37(18-39)12-11-35(3)4)28(40)27(33-19)22-15-26-29(32-16-22)34-20(2)38-10-8-30(38)7-9-36(26)17-30/h5-6,11-16,18,20,40H,7-10,17H2,1-4H3,(H,32,34)/b12-11-. The van der Waals surface area contributed by atoms with Gasteiger partial charge in [0.25, 0.3) is 0 Å². The van der Waals surface area contributed by atoms with Gasteiger partial charge in [0.15, 0.2) is 5.82 Å². The van der Waals surface area contributed by atoms with E-state index < -0.39 is 0 Å². The highest BCUT2D eigenvalue weighted by Gasteiger charge is 2.52. The van der Waals surface area contributed by atoms with E-state index in [0.29, 0.717) is 28.4 Å². The molecule has 2 fully saturated rings. The molecular weight excluding hydrogens is 526 g/mol. The van der Waals surface area contributed by atoms with Gasteiger partial charge in [0.05, 0.1) is 22.6 Å². The monoisotopic (exact) mass is 559 g/mol. The van der Waals surface area contributed by atoms with Gasteiger partial charge in [-0.1, -0.05) is 17.7 Å². The molecule has 3 aliphatic heterocycles. The minimum absolute atomic E-state index is 0.0612. The quantitative estimate of drug-likeness (QED) is 0.412. The predicted molar refractivity (Wildman–Crippen MR) is 160 cm³/mol. The Labute approximate surface area is 239 Å². The van der Waals surface area contributed by atoms with Crippen LogP contribution in [0.15, 0.2) is 48.9 Å². The van der Waals surface area contributed by atoms with Crippen molar-refractivity contribution in [3.05, 3.63) is 59.6 Å². The van der Waals surface area contributed by atoms with Crippen LogP contribution in [-0.4, -0.2) is 76.7 Å². The fraction of sp³-hybridized carbons (Fsp3) is 0.367. The van der Waals surface area contributed by atoms with Crippen molar-refractivity contribution in [1.29, 1.82) is 0 Å². The van der Waals surface area contributed by atoms with Gasteiger partial charge in [-0.3, -0.25) is 14.6 Å². The molecule has 2 saturated heterocycles. The molecule has 2 unspecified atom stereocenters. The van der Waals surface area contributed by atoms with Crippen molar-refractivity contribution in [3.63, 3.8) is 0 Å². The fourth-order valence-corrected chi connectivity index (χ4v) is 6.50. The number of fused-ring (bicyclic) bond motifs is 3. The Morgan fingerprint density at radius 1 is 1.15 bits per heavy atom. The number of nitrogens with one attached hydrogen (secondary N) is 1. The molecular formula is C30H34ClN7O2. The maximum atomic E-state index is 11.7. The molecule has 6 rings (SSSR count). The molecule has 40 heavy (non-hydrogen) atoms. The van der Waals surface area contributed by atoms with Crippen LogP contribution in [0.2, 0.25) is 5.02 Å². The van der Waals surface area contributed by atoms with Gasteiger partial charge in [0.1, 0.15) is 11.4 Å². The van der Waals surface area contributed by atoms with Crippen LogP contribution < -0.4 is 15.1 Å². The highest BCUT2D eigenvalue weighted by molar-refractivity contribution is 6.34. The molecule has 2 aromatic heterocycles. The number of aromatic nitrogens is 2. The normalized spacial score (nSPS) is 21.6. The van der Waals surface area contributed by atoms with E-state index in [-0.39, 0.29) is 17.5 Å². The molecule has 9 nitrogen and oxygen atoms in total. The van der Waals surface area contributed by atoms with Gasteiger partial charge in [-0.25, -0.2) is 9.97 Å². The molecule has 2 bridgehead atoms. The number of aryl methyl sites for hydroxylation is 1. The van der Waals surface area contributed by atoms with Crippen LogP contribution in [-0.2, 0) is 4.79 Å². The third-order valence-corrected chi connectivity index (χ3v) is 8.65. The average molecular weight is 560 g/mol. The lowest BCUT2D eigenvalue weighted by molar-refractivity contribution is -0.106. The first-order valence-electron chi connectivity index (χ1n) is 13.6. The zero-order chi connectivity index (χ0) is 28.2. The third kappa shape index (κ3) is 4.43. The van der Waals surface area contributed by atoms with Crippen LogP contribution in [0.25, 0.3) is 22.4 Å². The van der Waals surface area contributed by atoms with Gasteiger partial charge >= 0.3 is 0 Å². The molecule has 0 aliphatic carbocycles. The highest BCUT2D eigenvalue weighted by atomic mass is 35.5. The summed E-state index contributed by atoms with van der Waals surface area (Å²) in [6.07, 6.45) is 8.47. The summed E-state index contributed by atoms with van der Waals surface area (Å²) < 4.78 is 0. The summed E-state index contributed by atoms with van der Waals surface area (Å²) in [5.41, 5.74) is 5.16. The SMILES string of the molecule is Cc1cc(-c2ccc(N(C=O)/C=C\N(C)C)c(Cl)c2)c(O)c(-c2cnc3c(c2)N2CCC4(CCN4C(C)N3)C2)n1. The molecule has 1 spiro atoms. The number of amides is 1. The molecule has 208 valence electrons. The van der Waals surface area contributed by atoms with Crippen LogP contribution in [0, 0.1) is 6.92 Å². The Balaban J connectivity index is 1.37. The number of pyridine rings is 2. The maximum Gasteiger partial charge on any atom is 0.218 e. The number of benzene rings is 1. The number of hydrogen-bond acceptors (Lipinski definition) is 8. The predicted octanol–water partition coefficient (Wildman–Crippen LogP) is 4.90. The lowest BCUT2D eigenvalue weighted by Crippen LogP contribution is -2.66. The van der Waals surface area contributed by atoms with E-state index in [0.717, 1.165) is 54.4 Å². The van der Waals surface area contributed by atoms with E-state index in [4.69, 9.17) is 21.6 Å². The van der Waals surface area contributed by atoms with Crippen LogP contribution >= 0.6 is 11.6 Å². The first-order chi connectivity index (χ1) is 19.2. The minimum Gasteiger partial charge on any atom is -0.505 e. The fourth-order valence-electron chi connectivity index (χ4n) is 6.22. The number of hydrogen-bond donors (Lipinski definition) is 2. The van der Waals surface area contributed by atoms with Crippen molar-refractivity contribution in [3.8, 4) is 28.1 Å². The Hall–Kier alpha value is -3.82. The molecule has 5 heterocycles. The van der Waals surface area contributed by atoms with Crippen molar-refractivity contribution in [2.45, 2.75) is 38.4 Å². The van der Waals surface area contributed by atoms with E-state index in [1.165, 1.54) is 11.3 Å². The number of carbonyl (C=O) groups excluding carboxylic acids is 1. The number of anilines is 3. The summed E-state index contributed by atoms with van der Waals surface area (Å²) >= 11 is 6.63. The van der Waals surface area contributed by atoms with Crippen molar-refractivity contribution in [2.75, 3.05) is 48.8 Å². The van der Waals surface area contributed by atoms with Crippen LogP contribution in [0.3, 0.4) is 0 Å². The molecule has 10 heteroatoms. The van der Waals surface area contributed by atoms with Gasteiger partial charge in [0, 0.05) is 74.7 Å².